The molecule has 5 rings (SSSR count). The van der Waals surface area contributed by atoms with Crippen LogP contribution in [0.2, 0.25) is 0 Å². The van der Waals surface area contributed by atoms with E-state index < -0.39 is 0 Å². The molecule has 2 fully saturated rings. The second kappa shape index (κ2) is 7.83. The van der Waals surface area contributed by atoms with Gasteiger partial charge in [0.1, 0.15) is 5.82 Å². The van der Waals surface area contributed by atoms with Crippen molar-refractivity contribution in [3.8, 4) is 11.3 Å². The molecule has 1 aliphatic heterocycles. The number of pyridine rings is 1. The third-order valence-corrected chi connectivity index (χ3v) is 5.78. The summed E-state index contributed by atoms with van der Waals surface area (Å²) in [5.74, 6) is 1.56. The van der Waals surface area contributed by atoms with Gasteiger partial charge in [0.05, 0.1) is 12.2 Å². The van der Waals surface area contributed by atoms with Crippen LogP contribution in [0.15, 0.2) is 53.8 Å². The minimum atomic E-state index is -0.0632. The van der Waals surface area contributed by atoms with Crippen molar-refractivity contribution in [2.24, 2.45) is 0 Å². The maximum absolute atomic E-state index is 12.4. The molecule has 0 bridgehead atoms. The minimum absolute atomic E-state index is 0.0632. The monoisotopic (exact) mass is 388 g/mol. The van der Waals surface area contributed by atoms with E-state index in [-0.39, 0.29) is 11.6 Å². The summed E-state index contributed by atoms with van der Waals surface area (Å²) in [6, 6.07) is 7.48. The Balaban J connectivity index is 1.31. The lowest BCUT2D eigenvalue weighted by molar-refractivity contribution is 0.216. The molecule has 0 amide bonds. The Hall–Kier alpha value is -2.93. The zero-order valence-corrected chi connectivity index (χ0v) is 16.3. The maximum atomic E-state index is 12.4. The Bertz CT molecular complexity index is 1030. The highest BCUT2D eigenvalue weighted by atomic mass is 16.1. The van der Waals surface area contributed by atoms with Crippen LogP contribution in [0.5, 0.6) is 0 Å². The van der Waals surface area contributed by atoms with Gasteiger partial charge in [-0.15, -0.1) is 0 Å². The fourth-order valence-corrected chi connectivity index (χ4v) is 4.00. The standard InChI is InChI=1S/C22H24N6O/c29-21-6-5-20(17-7-9-23-10-8-17)26-28(21)15-19-2-1-11-27(19)14-16-12-24-22(25-13-16)18-3-4-18/h5-10,12-13,18-19H,1-4,11,14-15H2. The second-order valence-electron chi connectivity index (χ2n) is 7.97. The molecule has 1 aliphatic carbocycles. The van der Waals surface area contributed by atoms with Crippen molar-refractivity contribution in [3.05, 3.63) is 70.8 Å². The van der Waals surface area contributed by atoms with Gasteiger partial charge in [-0.1, -0.05) is 0 Å². The third-order valence-electron chi connectivity index (χ3n) is 5.78. The predicted molar refractivity (Wildman–Crippen MR) is 109 cm³/mol. The van der Waals surface area contributed by atoms with E-state index in [1.54, 1.807) is 29.2 Å². The molecular formula is C22H24N6O. The Morgan fingerprint density at radius 3 is 2.55 bits per heavy atom. The molecule has 0 N–H and O–H groups in total. The summed E-state index contributed by atoms with van der Waals surface area (Å²) in [7, 11) is 0. The van der Waals surface area contributed by atoms with Crippen molar-refractivity contribution >= 4 is 0 Å². The first-order valence-electron chi connectivity index (χ1n) is 10.3. The van der Waals surface area contributed by atoms with E-state index in [1.165, 1.54) is 12.8 Å². The summed E-state index contributed by atoms with van der Waals surface area (Å²) in [6.07, 6.45) is 12.0. The third kappa shape index (κ3) is 4.10. The van der Waals surface area contributed by atoms with Gasteiger partial charge in [-0.05, 0) is 50.4 Å². The van der Waals surface area contributed by atoms with E-state index in [4.69, 9.17) is 0 Å². The van der Waals surface area contributed by atoms with Gasteiger partial charge >= 0.3 is 0 Å². The van der Waals surface area contributed by atoms with Gasteiger partial charge in [0.2, 0.25) is 0 Å². The van der Waals surface area contributed by atoms with Crippen LogP contribution in [0.4, 0.5) is 0 Å². The smallest absolute Gasteiger partial charge is 0.266 e. The van der Waals surface area contributed by atoms with E-state index in [9.17, 15) is 4.79 Å². The molecule has 3 aromatic rings. The van der Waals surface area contributed by atoms with Crippen LogP contribution in [0.25, 0.3) is 11.3 Å². The van der Waals surface area contributed by atoms with Gasteiger partial charge in [0, 0.05) is 60.5 Å². The van der Waals surface area contributed by atoms with E-state index in [1.807, 2.05) is 24.5 Å². The van der Waals surface area contributed by atoms with Gasteiger partial charge in [-0.3, -0.25) is 14.7 Å². The molecule has 1 unspecified atom stereocenters. The van der Waals surface area contributed by atoms with Gasteiger partial charge in [0.15, 0.2) is 0 Å². The Morgan fingerprint density at radius 2 is 1.79 bits per heavy atom. The molecule has 1 saturated heterocycles. The van der Waals surface area contributed by atoms with Gasteiger partial charge in [-0.2, -0.15) is 5.10 Å². The second-order valence-corrected chi connectivity index (χ2v) is 7.97. The Kier molecular flexibility index (Phi) is 4.89. The van der Waals surface area contributed by atoms with Gasteiger partial charge < -0.3 is 0 Å². The highest BCUT2D eigenvalue weighted by Gasteiger charge is 2.28. The molecule has 0 radical (unpaired) electrons. The molecule has 3 aromatic heterocycles. The molecular weight excluding hydrogens is 364 g/mol. The summed E-state index contributed by atoms with van der Waals surface area (Å²) in [4.78, 5) is 28.0. The molecule has 7 heteroatoms. The van der Waals surface area contributed by atoms with Crippen LogP contribution < -0.4 is 5.56 Å². The topological polar surface area (TPSA) is 76.8 Å². The van der Waals surface area contributed by atoms with Crippen molar-refractivity contribution < 1.29 is 0 Å². The van der Waals surface area contributed by atoms with Crippen molar-refractivity contribution in [1.29, 1.82) is 0 Å². The molecule has 29 heavy (non-hydrogen) atoms. The predicted octanol–water partition coefficient (Wildman–Crippen LogP) is 2.64. The van der Waals surface area contributed by atoms with Crippen molar-refractivity contribution in [1.82, 2.24) is 29.6 Å². The van der Waals surface area contributed by atoms with Crippen molar-refractivity contribution in [2.75, 3.05) is 6.54 Å². The van der Waals surface area contributed by atoms with Crippen LogP contribution in [-0.4, -0.2) is 42.2 Å². The van der Waals surface area contributed by atoms with Crippen molar-refractivity contribution in [3.63, 3.8) is 0 Å². The zero-order valence-electron chi connectivity index (χ0n) is 16.3. The number of likely N-dealkylation sites (tertiary alicyclic amines) is 1. The number of hydrogen-bond donors (Lipinski definition) is 0. The van der Waals surface area contributed by atoms with E-state index in [2.05, 4.69) is 25.0 Å². The summed E-state index contributed by atoms with van der Waals surface area (Å²) < 4.78 is 1.60. The van der Waals surface area contributed by atoms with Crippen LogP contribution in [0, 0.1) is 0 Å². The SMILES string of the molecule is O=c1ccc(-c2ccncc2)nn1CC1CCCN1Cc1cnc(C2CC2)nc1. The summed E-state index contributed by atoms with van der Waals surface area (Å²) in [6.45, 7) is 2.43. The van der Waals surface area contributed by atoms with Gasteiger partial charge in [0.25, 0.3) is 5.56 Å². The molecule has 0 spiro atoms. The fourth-order valence-electron chi connectivity index (χ4n) is 4.00. The molecule has 1 atom stereocenters. The summed E-state index contributed by atoms with van der Waals surface area (Å²) in [5, 5.41) is 4.61. The number of aromatic nitrogens is 5. The first-order chi connectivity index (χ1) is 14.3. The van der Waals surface area contributed by atoms with Crippen LogP contribution >= 0.6 is 0 Å². The van der Waals surface area contributed by atoms with Crippen LogP contribution in [0.3, 0.4) is 0 Å². The van der Waals surface area contributed by atoms with E-state index in [0.717, 1.165) is 48.6 Å². The Labute approximate surface area is 169 Å². The summed E-state index contributed by atoms with van der Waals surface area (Å²) >= 11 is 0. The highest BCUT2D eigenvalue weighted by molar-refractivity contribution is 5.56. The molecule has 2 aliphatic rings. The molecule has 148 valence electrons. The lowest BCUT2D eigenvalue weighted by Gasteiger charge is -2.24. The van der Waals surface area contributed by atoms with Crippen LogP contribution in [-0.2, 0) is 13.1 Å². The zero-order chi connectivity index (χ0) is 19.6. The minimum Gasteiger partial charge on any atom is -0.294 e. The molecule has 7 nitrogen and oxygen atoms in total. The number of rotatable bonds is 6. The van der Waals surface area contributed by atoms with Crippen LogP contribution in [0.1, 0.15) is 43.0 Å². The van der Waals surface area contributed by atoms with Crippen molar-refractivity contribution in [2.45, 2.75) is 50.7 Å². The summed E-state index contributed by atoms with van der Waals surface area (Å²) in [5.41, 5.74) is 2.82. The average Bonchev–Trinajstić information content (AvgIpc) is 3.52. The average molecular weight is 388 g/mol. The maximum Gasteiger partial charge on any atom is 0.266 e. The fraction of sp³-hybridized carbons (Fsp3) is 0.409. The molecule has 0 aromatic carbocycles. The van der Waals surface area contributed by atoms with E-state index >= 15 is 0 Å². The number of nitrogens with zero attached hydrogens (tertiary/aromatic N) is 6. The van der Waals surface area contributed by atoms with E-state index in [0.29, 0.717) is 12.5 Å². The highest BCUT2D eigenvalue weighted by Crippen LogP contribution is 2.37. The largest absolute Gasteiger partial charge is 0.294 e. The molecule has 1 saturated carbocycles. The Morgan fingerprint density at radius 1 is 1.00 bits per heavy atom. The van der Waals surface area contributed by atoms with Gasteiger partial charge in [-0.25, -0.2) is 14.6 Å². The molecule has 4 heterocycles. The lowest BCUT2D eigenvalue weighted by Crippen LogP contribution is -2.36. The lowest BCUT2D eigenvalue weighted by atomic mass is 10.2. The quantitative estimate of drug-likeness (QED) is 0.646. The first-order valence-corrected chi connectivity index (χ1v) is 10.3. The first kappa shape index (κ1) is 18.1. The number of hydrogen-bond acceptors (Lipinski definition) is 6. The normalized spacial score (nSPS) is 19.5.